The van der Waals surface area contributed by atoms with Crippen LogP contribution in [0.4, 0.5) is 11.6 Å². The zero-order valence-electron chi connectivity index (χ0n) is 25.6. The van der Waals surface area contributed by atoms with Gasteiger partial charge in [0.05, 0.1) is 38.6 Å². The van der Waals surface area contributed by atoms with Crippen molar-refractivity contribution in [2.24, 2.45) is 5.41 Å². The maximum Gasteiger partial charge on any atom is 0.254 e. The van der Waals surface area contributed by atoms with E-state index in [4.69, 9.17) is 14.5 Å². The van der Waals surface area contributed by atoms with Gasteiger partial charge >= 0.3 is 0 Å². The molecule has 3 aromatic heterocycles. The summed E-state index contributed by atoms with van der Waals surface area (Å²) in [5, 5.41) is 11.2. The van der Waals surface area contributed by atoms with Gasteiger partial charge in [-0.3, -0.25) is 9.48 Å². The summed E-state index contributed by atoms with van der Waals surface area (Å²) in [6, 6.07) is 12.0. The molecule has 0 unspecified atom stereocenters. The molecule has 1 spiro atoms. The topological polar surface area (TPSA) is 106 Å². The van der Waals surface area contributed by atoms with E-state index in [1.807, 2.05) is 35.1 Å². The third-order valence-corrected chi connectivity index (χ3v) is 9.52. The second-order valence-corrected chi connectivity index (χ2v) is 12.3. The summed E-state index contributed by atoms with van der Waals surface area (Å²) < 4.78 is 12.7. The van der Waals surface area contributed by atoms with E-state index < -0.39 is 0 Å². The molecule has 4 aromatic rings. The van der Waals surface area contributed by atoms with Crippen LogP contribution in [0.2, 0.25) is 0 Å². The first kappa shape index (κ1) is 28.2. The molecule has 10 nitrogen and oxygen atoms in total. The molecule has 1 saturated carbocycles. The zero-order valence-corrected chi connectivity index (χ0v) is 25.6. The smallest absolute Gasteiger partial charge is 0.254 e. The third-order valence-electron chi connectivity index (χ3n) is 9.52. The second kappa shape index (κ2) is 11.5. The molecule has 3 aliphatic rings. The molecule has 1 saturated heterocycles. The Morgan fingerprint density at radius 1 is 1.09 bits per heavy atom. The number of pyridine rings is 2. The van der Waals surface area contributed by atoms with Gasteiger partial charge in [0.15, 0.2) is 0 Å². The van der Waals surface area contributed by atoms with Crippen molar-refractivity contribution in [2.75, 3.05) is 37.5 Å². The quantitative estimate of drug-likeness (QED) is 0.263. The lowest BCUT2D eigenvalue weighted by Crippen LogP contribution is -2.26. The fourth-order valence-electron chi connectivity index (χ4n) is 6.64. The zero-order chi connectivity index (χ0) is 30.3. The van der Waals surface area contributed by atoms with Crippen molar-refractivity contribution in [2.45, 2.75) is 58.2 Å². The number of aromatic nitrogens is 4. The van der Waals surface area contributed by atoms with Crippen LogP contribution in [0.5, 0.6) is 11.5 Å². The number of nitrogens with zero attached hydrogens (tertiary/aromatic N) is 5. The highest BCUT2D eigenvalue weighted by Gasteiger charge is 2.48. The van der Waals surface area contributed by atoms with Crippen molar-refractivity contribution >= 4 is 17.5 Å². The fourth-order valence-corrected chi connectivity index (χ4v) is 6.64. The van der Waals surface area contributed by atoms with E-state index in [2.05, 4.69) is 44.7 Å². The third kappa shape index (κ3) is 5.56. The molecule has 2 fully saturated rings. The summed E-state index contributed by atoms with van der Waals surface area (Å²) in [6.07, 6.45) is 10.9. The lowest BCUT2D eigenvalue weighted by Gasteiger charge is -2.19. The Morgan fingerprint density at radius 3 is 2.73 bits per heavy atom. The molecule has 4 heterocycles. The van der Waals surface area contributed by atoms with E-state index in [1.165, 1.54) is 19.3 Å². The van der Waals surface area contributed by atoms with Crippen LogP contribution in [0.1, 0.15) is 70.0 Å². The number of nitrogens with one attached hydrogen (secondary N) is 2. The van der Waals surface area contributed by atoms with Crippen LogP contribution in [0, 0.1) is 12.3 Å². The van der Waals surface area contributed by atoms with Crippen LogP contribution < -0.4 is 25.0 Å². The first-order chi connectivity index (χ1) is 21.4. The number of methoxy groups -OCH3 is 2. The predicted octanol–water partition coefficient (Wildman–Crippen LogP) is 5.07. The van der Waals surface area contributed by atoms with Gasteiger partial charge in [0.2, 0.25) is 0 Å². The van der Waals surface area contributed by atoms with Crippen molar-refractivity contribution in [1.82, 2.24) is 25.1 Å². The van der Waals surface area contributed by atoms with E-state index >= 15 is 0 Å². The largest absolute Gasteiger partial charge is 0.497 e. The number of carbonyl (C=O) groups excluding carboxylic acids is 1. The maximum absolute atomic E-state index is 13.3. The van der Waals surface area contributed by atoms with Gasteiger partial charge in [0.1, 0.15) is 23.1 Å². The van der Waals surface area contributed by atoms with E-state index in [9.17, 15) is 4.79 Å². The van der Waals surface area contributed by atoms with Crippen molar-refractivity contribution in [3.8, 4) is 11.5 Å². The predicted molar refractivity (Wildman–Crippen MR) is 168 cm³/mol. The normalized spacial score (nSPS) is 17.9. The molecule has 1 amide bonds. The Bertz CT molecular complexity index is 1700. The van der Waals surface area contributed by atoms with Gasteiger partial charge in [-0.1, -0.05) is 6.07 Å². The van der Waals surface area contributed by atoms with Crippen molar-refractivity contribution in [3.05, 3.63) is 88.5 Å². The highest BCUT2D eigenvalue weighted by atomic mass is 16.5. The molecule has 0 radical (unpaired) electrons. The number of carbonyl (C=O) groups is 1. The lowest BCUT2D eigenvalue weighted by molar-refractivity contribution is 0.0936. The number of fused-ring (bicyclic) bond motifs is 1. The number of amides is 1. The average Bonchev–Trinajstić information content (AvgIpc) is 3.34. The standard InChI is InChI=1S/C34H39N7O3/c1-22-24(5-9-31(38-22)40-15-13-34(21-40)11-12-34)19-41-20-25(18-37-41)33(42)39-29-8-7-28-27(29)10-14-35-32(28)36-17-23-4-6-26(43-2)16-30(23)44-3/h4-6,9-10,14,16,18,20,29H,7-8,11-13,15,17,19,21H2,1-3H3,(H,35,36)(H,39,42)/t29-/m1/s1. The Morgan fingerprint density at radius 2 is 1.95 bits per heavy atom. The fraction of sp³-hybridized carbons (Fsp3) is 0.412. The van der Waals surface area contributed by atoms with Crippen LogP contribution in [-0.2, 0) is 19.5 Å². The monoisotopic (exact) mass is 593 g/mol. The van der Waals surface area contributed by atoms with E-state index in [-0.39, 0.29) is 11.9 Å². The van der Waals surface area contributed by atoms with Crippen LogP contribution >= 0.6 is 0 Å². The molecule has 1 aromatic carbocycles. The van der Waals surface area contributed by atoms with E-state index in [0.717, 1.165) is 77.0 Å². The Hall–Kier alpha value is -4.60. The SMILES string of the molecule is COc1ccc(CNc2nccc3c2CC[C@H]3NC(=O)c2cnn(Cc3ccc(N4CCC5(CC5)C4)nc3C)c2)c(OC)c1. The van der Waals surface area contributed by atoms with E-state index in [0.29, 0.717) is 24.1 Å². The van der Waals surface area contributed by atoms with Gasteiger partial charge in [0.25, 0.3) is 5.91 Å². The van der Waals surface area contributed by atoms with Crippen molar-refractivity contribution in [1.29, 1.82) is 0 Å². The minimum Gasteiger partial charge on any atom is -0.497 e. The number of anilines is 2. The minimum atomic E-state index is -0.128. The number of hydrogen-bond acceptors (Lipinski definition) is 8. The first-order valence-electron chi connectivity index (χ1n) is 15.4. The molecule has 228 valence electrons. The number of aryl methyl sites for hydroxylation is 1. The molecule has 2 aliphatic carbocycles. The Kier molecular flexibility index (Phi) is 7.35. The lowest BCUT2D eigenvalue weighted by atomic mass is 10.1. The van der Waals surface area contributed by atoms with Gasteiger partial charge in [-0.15, -0.1) is 0 Å². The maximum atomic E-state index is 13.3. The van der Waals surface area contributed by atoms with Crippen LogP contribution in [0.25, 0.3) is 0 Å². The summed E-state index contributed by atoms with van der Waals surface area (Å²) >= 11 is 0. The van der Waals surface area contributed by atoms with Gasteiger partial charge in [0, 0.05) is 49.4 Å². The van der Waals surface area contributed by atoms with Gasteiger partial charge in [-0.05, 0) is 85.4 Å². The summed E-state index contributed by atoms with van der Waals surface area (Å²) in [4.78, 5) is 25.2. The Balaban J connectivity index is 0.977. The molecule has 0 bridgehead atoms. The summed E-state index contributed by atoms with van der Waals surface area (Å²) in [5.41, 5.74) is 6.47. The summed E-state index contributed by atoms with van der Waals surface area (Å²) in [6.45, 7) is 5.42. The van der Waals surface area contributed by atoms with Crippen LogP contribution in [-0.4, -0.2) is 53.0 Å². The molecule has 10 heteroatoms. The number of benzene rings is 1. The van der Waals surface area contributed by atoms with Crippen molar-refractivity contribution in [3.63, 3.8) is 0 Å². The van der Waals surface area contributed by atoms with E-state index in [1.54, 1.807) is 26.6 Å². The molecular weight excluding hydrogens is 554 g/mol. The van der Waals surface area contributed by atoms with Gasteiger partial charge < -0.3 is 25.0 Å². The number of hydrogen-bond donors (Lipinski definition) is 2. The second-order valence-electron chi connectivity index (χ2n) is 12.3. The minimum absolute atomic E-state index is 0.0840. The van der Waals surface area contributed by atoms with Crippen LogP contribution in [0.15, 0.2) is 55.0 Å². The number of rotatable bonds is 10. The molecular formula is C34H39N7O3. The summed E-state index contributed by atoms with van der Waals surface area (Å²) in [5.74, 6) is 3.28. The van der Waals surface area contributed by atoms with Gasteiger partial charge in [-0.2, -0.15) is 5.10 Å². The molecule has 44 heavy (non-hydrogen) atoms. The molecule has 1 aliphatic heterocycles. The van der Waals surface area contributed by atoms with Crippen molar-refractivity contribution < 1.29 is 14.3 Å². The van der Waals surface area contributed by atoms with Crippen LogP contribution in [0.3, 0.4) is 0 Å². The molecule has 2 N–H and O–H groups in total. The summed E-state index contributed by atoms with van der Waals surface area (Å²) in [7, 11) is 3.29. The van der Waals surface area contributed by atoms with Gasteiger partial charge in [-0.25, -0.2) is 9.97 Å². The molecule has 1 atom stereocenters. The highest BCUT2D eigenvalue weighted by Crippen LogP contribution is 2.53. The first-order valence-corrected chi connectivity index (χ1v) is 15.4. The Labute approximate surface area is 257 Å². The highest BCUT2D eigenvalue weighted by molar-refractivity contribution is 5.94. The number of ether oxygens (including phenoxy) is 2. The average molecular weight is 594 g/mol. The molecule has 7 rings (SSSR count).